The predicted molar refractivity (Wildman–Crippen MR) is 20.4 cm³/mol. The van der Waals surface area contributed by atoms with Crippen LogP contribution >= 0.6 is 0 Å². The van der Waals surface area contributed by atoms with E-state index in [1.54, 1.807) is 12.3 Å². The van der Waals surface area contributed by atoms with E-state index >= 15 is 0 Å². The molecule has 42 valence electrons. The van der Waals surface area contributed by atoms with Gasteiger partial charge in [0.15, 0.2) is 0 Å². The molecule has 0 spiro atoms. The van der Waals surface area contributed by atoms with E-state index in [-0.39, 0.29) is 0 Å². The summed E-state index contributed by atoms with van der Waals surface area (Å²) < 4.78 is 8.98. The Morgan fingerprint density at radius 1 is 1.86 bits per heavy atom. The average Bonchev–Trinajstić information content (AvgIpc) is 2.14. The minimum atomic E-state index is 0.503. The third-order valence-corrected chi connectivity index (χ3v) is 1.04. The van der Waals surface area contributed by atoms with Crippen molar-refractivity contribution in [2.75, 3.05) is 0 Å². The van der Waals surface area contributed by atoms with E-state index in [0.29, 0.717) is 19.4 Å². The zero-order chi connectivity index (χ0) is 5.11. The summed E-state index contributed by atoms with van der Waals surface area (Å²) in [5, 5.41) is 6.15. The van der Waals surface area contributed by atoms with E-state index in [4.69, 9.17) is 4.25 Å². The average molecular weight is 143 g/mol. The number of hydrogen-bond acceptors (Lipinski definition) is 2. The number of aromatic nitrogens is 2. The molecule has 2 N–H and O–H groups in total. The van der Waals surface area contributed by atoms with Crippen molar-refractivity contribution >= 4 is 4.66 Å². The van der Waals surface area contributed by atoms with Gasteiger partial charge in [-0.25, -0.2) is 0 Å². The van der Waals surface area contributed by atoms with Gasteiger partial charge in [0.25, 0.3) is 0 Å². The summed E-state index contributed by atoms with van der Waals surface area (Å²) in [7, 11) is 0. The normalized spacial score (nSPS) is 9.86. The first-order valence-corrected chi connectivity index (χ1v) is 2.59. The van der Waals surface area contributed by atoms with Gasteiger partial charge in [0.2, 0.25) is 0 Å². The number of aromatic amines is 1. The second-order valence-electron chi connectivity index (χ2n) is 0.942. The standard InChI is InChI=1S/C3H3N2.Ni.H2O/c1-2-4-5-3-1;;/h1-2H,(H,4,5);;1H2/q;+1;/p-1. The summed E-state index contributed by atoms with van der Waals surface area (Å²) in [6.07, 6.45) is 1.59. The molecule has 4 heteroatoms. The molecule has 0 atom stereocenters. The Morgan fingerprint density at radius 3 is 3.00 bits per heavy atom. The predicted octanol–water partition coefficient (Wildman–Crippen LogP) is -0.975. The molecule has 3 nitrogen and oxygen atoms in total. The molecule has 0 fully saturated rings. The Hall–Kier alpha value is -0.336. The van der Waals surface area contributed by atoms with Gasteiger partial charge in [-0.15, -0.1) is 0 Å². The summed E-state index contributed by atoms with van der Waals surface area (Å²) in [6.45, 7) is 0. The van der Waals surface area contributed by atoms with Crippen molar-refractivity contribution in [2.24, 2.45) is 0 Å². The topological polar surface area (TPSA) is 48.9 Å². The van der Waals surface area contributed by atoms with Crippen molar-refractivity contribution < 1.29 is 19.0 Å². The van der Waals surface area contributed by atoms with Gasteiger partial charge in [-0.05, 0) is 0 Å². The number of hydrogen-bond donors (Lipinski definition) is 2. The Labute approximate surface area is 46.9 Å². The van der Waals surface area contributed by atoms with Gasteiger partial charge in [0.1, 0.15) is 0 Å². The molecule has 0 aliphatic heterocycles. The van der Waals surface area contributed by atoms with E-state index in [2.05, 4.69) is 10.2 Å². The summed E-state index contributed by atoms with van der Waals surface area (Å²) in [5.74, 6) is 0. The summed E-state index contributed by atoms with van der Waals surface area (Å²) >= 11 is 0.503. The molecule has 1 aromatic heterocycles. The first-order valence-electron chi connectivity index (χ1n) is 1.65. The fourth-order valence-corrected chi connectivity index (χ4v) is 0.530. The van der Waals surface area contributed by atoms with Crippen LogP contribution in [0.5, 0.6) is 0 Å². The molecule has 7 heavy (non-hydrogen) atoms. The molecule has 0 aromatic carbocycles. The Morgan fingerprint density at radius 2 is 2.71 bits per heavy atom. The molecular weight excluding hydrogens is 139 g/mol. The van der Waals surface area contributed by atoms with Crippen molar-refractivity contribution in [1.82, 2.24) is 10.2 Å². The van der Waals surface area contributed by atoms with Gasteiger partial charge in [0.05, 0.1) is 0 Å². The number of rotatable bonds is 1. The van der Waals surface area contributed by atoms with Crippen molar-refractivity contribution in [3.8, 4) is 0 Å². The quantitative estimate of drug-likeness (QED) is 0.496. The van der Waals surface area contributed by atoms with Gasteiger partial charge in [-0.1, -0.05) is 0 Å². The van der Waals surface area contributed by atoms with E-state index < -0.39 is 0 Å². The van der Waals surface area contributed by atoms with E-state index in [1.165, 1.54) is 0 Å². The van der Waals surface area contributed by atoms with Crippen LogP contribution in [0.3, 0.4) is 0 Å². The molecule has 0 amide bonds. The van der Waals surface area contributed by atoms with E-state index in [9.17, 15) is 0 Å². The van der Waals surface area contributed by atoms with Crippen LogP contribution in [0.15, 0.2) is 12.3 Å². The van der Waals surface area contributed by atoms with E-state index in [1.807, 2.05) is 0 Å². The summed E-state index contributed by atoms with van der Waals surface area (Å²) in [6, 6.07) is 1.69. The molecule has 1 heterocycles. The Bertz CT molecular complexity index is 127. The van der Waals surface area contributed by atoms with Crippen LogP contribution in [-0.2, 0) is 14.8 Å². The monoisotopic (exact) mass is 142 g/mol. The summed E-state index contributed by atoms with van der Waals surface area (Å²) in [4.78, 5) is 0. The van der Waals surface area contributed by atoms with Gasteiger partial charge >= 0.3 is 46.1 Å². The second kappa shape index (κ2) is 2.10. The van der Waals surface area contributed by atoms with Crippen molar-refractivity contribution in [2.45, 2.75) is 0 Å². The maximum atomic E-state index is 8.29. The fraction of sp³-hybridized carbons (Fsp3) is 0. The van der Waals surface area contributed by atoms with Crippen molar-refractivity contribution in [3.63, 3.8) is 0 Å². The maximum absolute atomic E-state index is 8.29. The van der Waals surface area contributed by atoms with Crippen LogP contribution in [-0.4, -0.2) is 14.4 Å². The molecule has 0 radical (unpaired) electrons. The number of nitrogens with one attached hydrogen (secondary N) is 1. The van der Waals surface area contributed by atoms with E-state index in [0.717, 1.165) is 0 Å². The van der Waals surface area contributed by atoms with Gasteiger partial charge in [-0.3, -0.25) is 0 Å². The van der Waals surface area contributed by atoms with Crippen molar-refractivity contribution in [1.29, 1.82) is 0 Å². The molecule has 0 saturated carbocycles. The molecule has 0 saturated heterocycles. The molecule has 0 aliphatic rings. The molecular formula is C3H4N2NiO. The Kier molecular flexibility index (Phi) is 1.44. The Balaban J connectivity index is 2.76. The number of nitrogens with zero attached hydrogens (tertiary/aromatic N) is 1. The second-order valence-corrected chi connectivity index (χ2v) is 1.69. The SMILES string of the molecule is [OH][Ni][c]1ccn[nH]1. The fourth-order valence-electron chi connectivity index (χ4n) is 0.270. The van der Waals surface area contributed by atoms with Crippen molar-refractivity contribution in [3.05, 3.63) is 12.3 Å². The number of H-pyrrole nitrogens is 1. The molecule has 1 aromatic rings. The van der Waals surface area contributed by atoms with Crippen LogP contribution < -0.4 is 4.66 Å². The zero-order valence-electron chi connectivity index (χ0n) is 3.37. The van der Waals surface area contributed by atoms with Crippen LogP contribution in [0.4, 0.5) is 0 Å². The first-order chi connectivity index (χ1) is 3.43. The van der Waals surface area contributed by atoms with Gasteiger partial charge in [0, 0.05) is 0 Å². The molecule has 0 bridgehead atoms. The van der Waals surface area contributed by atoms with Crippen LogP contribution in [0.2, 0.25) is 0 Å². The molecule has 1 rings (SSSR count). The zero-order valence-corrected chi connectivity index (χ0v) is 4.35. The van der Waals surface area contributed by atoms with Gasteiger partial charge in [-0.2, -0.15) is 0 Å². The van der Waals surface area contributed by atoms with Crippen LogP contribution in [0.1, 0.15) is 0 Å². The first kappa shape index (κ1) is 4.81. The minimum absolute atomic E-state index is 0.503. The molecule has 0 aliphatic carbocycles. The van der Waals surface area contributed by atoms with Crippen LogP contribution in [0, 0.1) is 0 Å². The third kappa shape index (κ3) is 1.01. The molecule has 0 unspecified atom stereocenters. The van der Waals surface area contributed by atoms with Gasteiger partial charge < -0.3 is 0 Å². The van der Waals surface area contributed by atoms with Crippen LogP contribution in [0.25, 0.3) is 0 Å². The summed E-state index contributed by atoms with van der Waals surface area (Å²) in [5.41, 5.74) is 0. The third-order valence-electron chi connectivity index (χ3n) is 0.526.